The third-order valence-corrected chi connectivity index (χ3v) is 8.13. The summed E-state index contributed by atoms with van der Waals surface area (Å²) in [5.74, 6) is -0.679. The fourth-order valence-corrected chi connectivity index (χ4v) is 5.46. The van der Waals surface area contributed by atoms with Gasteiger partial charge in [0.1, 0.15) is 35.7 Å². The predicted molar refractivity (Wildman–Crippen MR) is 150 cm³/mol. The smallest absolute Gasteiger partial charge is 0.256 e. The van der Waals surface area contributed by atoms with Gasteiger partial charge in [-0.05, 0) is 81.7 Å². The summed E-state index contributed by atoms with van der Waals surface area (Å²) in [7, 11) is 0. The lowest BCUT2D eigenvalue weighted by molar-refractivity contribution is 0.0916. The van der Waals surface area contributed by atoms with E-state index < -0.39 is 23.3 Å². The number of pyridine rings is 1. The van der Waals surface area contributed by atoms with Gasteiger partial charge in [0.05, 0.1) is 10.5 Å². The minimum absolute atomic E-state index is 0.0227. The standard InChI is InChI=1S/C30H34ClF2N3O4/c1-17-2-9-22(10-26(17)32)40-16-21(37)14-34-13-18-3-5-19(6-4-18)35-30(39)24-15-36(20-7-8-20)28-12-25(31)27(33)11-23(28)29(24)38/h2,9-12,15,18-21,34,37H,3-8,13-14,16H2,1H3,(H,35,39). The maximum Gasteiger partial charge on any atom is 0.256 e. The van der Waals surface area contributed by atoms with Gasteiger partial charge in [-0.25, -0.2) is 8.78 Å². The topological polar surface area (TPSA) is 92.6 Å². The van der Waals surface area contributed by atoms with E-state index in [-0.39, 0.29) is 40.5 Å². The number of amides is 1. The van der Waals surface area contributed by atoms with Crippen molar-refractivity contribution >= 4 is 28.4 Å². The average molecular weight is 574 g/mol. The lowest BCUT2D eigenvalue weighted by Gasteiger charge is -2.29. The van der Waals surface area contributed by atoms with Crippen LogP contribution in [0.4, 0.5) is 8.78 Å². The maximum atomic E-state index is 14.2. The van der Waals surface area contributed by atoms with Crippen molar-refractivity contribution < 1.29 is 23.4 Å². The molecule has 1 unspecified atom stereocenters. The maximum absolute atomic E-state index is 14.2. The van der Waals surface area contributed by atoms with Crippen LogP contribution in [-0.2, 0) is 0 Å². The number of halogens is 3. The molecule has 3 N–H and O–H groups in total. The molecule has 1 aromatic heterocycles. The Morgan fingerprint density at radius 1 is 1.12 bits per heavy atom. The first-order valence-corrected chi connectivity index (χ1v) is 14.2. The fraction of sp³-hybridized carbons (Fsp3) is 0.467. The summed E-state index contributed by atoms with van der Waals surface area (Å²) in [4.78, 5) is 26.2. The molecule has 2 aliphatic carbocycles. The SMILES string of the molecule is Cc1ccc(OCC(O)CNCC2CCC(NC(=O)c3cn(C4CC4)c4cc(Cl)c(F)cc4c3=O)CC2)cc1F. The zero-order chi connectivity index (χ0) is 28.4. The summed E-state index contributed by atoms with van der Waals surface area (Å²) < 4.78 is 35.2. The number of carbonyl (C=O) groups excluding carboxylic acids is 1. The highest BCUT2D eigenvalue weighted by Gasteiger charge is 2.29. The first-order valence-electron chi connectivity index (χ1n) is 13.8. The Morgan fingerprint density at radius 3 is 2.58 bits per heavy atom. The summed E-state index contributed by atoms with van der Waals surface area (Å²) in [6, 6.07) is 7.33. The van der Waals surface area contributed by atoms with Gasteiger partial charge in [0.15, 0.2) is 0 Å². The number of hydrogen-bond acceptors (Lipinski definition) is 5. The molecular weight excluding hydrogens is 540 g/mol. The fourth-order valence-electron chi connectivity index (χ4n) is 5.30. The Morgan fingerprint density at radius 2 is 1.88 bits per heavy atom. The molecule has 7 nitrogen and oxygen atoms in total. The van der Waals surface area contributed by atoms with Crippen LogP contribution in [0.3, 0.4) is 0 Å². The molecule has 2 fully saturated rings. The normalized spacial score (nSPS) is 19.9. The highest BCUT2D eigenvalue weighted by Crippen LogP contribution is 2.37. The Hall–Kier alpha value is -3.01. The highest BCUT2D eigenvalue weighted by atomic mass is 35.5. The molecule has 1 amide bonds. The number of hydrogen-bond donors (Lipinski definition) is 3. The second kappa shape index (κ2) is 12.2. The molecule has 0 spiro atoms. The van der Waals surface area contributed by atoms with Crippen molar-refractivity contribution in [3.63, 3.8) is 0 Å². The number of aliphatic hydroxyl groups excluding tert-OH is 1. The van der Waals surface area contributed by atoms with Crippen LogP contribution >= 0.6 is 11.6 Å². The first kappa shape index (κ1) is 28.5. The van der Waals surface area contributed by atoms with Crippen molar-refractivity contribution in [1.82, 2.24) is 15.2 Å². The lowest BCUT2D eigenvalue weighted by atomic mass is 9.86. The molecule has 5 rings (SSSR count). The minimum Gasteiger partial charge on any atom is -0.491 e. The van der Waals surface area contributed by atoms with E-state index in [4.69, 9.17) is 16.3 Å². The first-order chi connectivity index (χ1) is 19.2. The van der Waals surface area contributed by atoms with E-state index in [0.717, 1.165) is 51.1 Å². The largest absolute Gasteiger partial charge is 0.491 e. The third-order valence-electron chi connectivity index (χ3n) is 7.84. The van der Waals surface area contributed by atoms with Crippen LogP contribution < -0.4 is 20.8 Å². The number of carbonyl (C=O) groups is 1. The highest BCUT2D eigenvalue weighted by molar-refractivity contribution is 6.31. The molecule has 1 heterocycles. The molecular formula is C30H34ClF2N3O4. The molecule has 214 valence electrons. The zero-order valence-electron chi connectivity index (χ0n) is 22.4. The van der Waals surface area contributed by atoms with Crippen LogP contribution in [0.15, 0.2) is 41.3 Å². The number of fused-ring (bicyclic) bond motifs is 1. The van der Waals surface area contributed by atoms with E-state index in [1.807, 2.05) is 4.57 Å². The van der Waals surface area contributed by atoms with Gasteiger partial charge in [0, 0.05) is 36.3 Å². The molecule has 2 saturated carbocycles. The molecule has 2 aromatic carbocycles. The number of rotatable bonds is 10. The second-order valence-electron chi connectivity index (χ2n) is 11.0. The second-order valence-corrected chi connectivity index (χ2v) is 11.4. The molecule has 10 heteroatoms. The average Bonchev–Trinajstić information content (AvgIpc) is 3.77. The molecule has 0 bridgehead atoms. The van der Waals surface area contributed by atoms with Crippen molar-refractivity contribution in [1.29, 1.82) is 0 Å². The van der Waals surface area contributed by atoms with E-state index in [9.17, 15) is 23.5 Å². The van der Waals surface area contributed by atoms with E-state index in [2.05, 4.69) is 10.6 Å². The number of aromatic nitrogens is 1. The van der Waals surface area contributed by atoms with Gasteiger partial charge in [-0.1, -0.05) is 17.7 Å². The number of benzene rings is 2. The van der Waals surface area contributed by atoms with Gasteiger partial charge >= 0.3 is 0 Å². The van der Waals surface area contributed by atoms with Crippen molar-refractivity contribution in [2.24, 2.45) is 5.92 Å². The van der Waals surface area contributed by atoms with Crippen molar-refractivity contribution in [3.8, 4) is 5.75 Å². The van der Waals surface area contributed by atoms with Gasteiger partial charge < -0.3 is 25.0 Å². The van der Waals surface area contributed by atoms with E-state index in [1.54, 1.807) is 25.3 Å². The number of aliphatic hydroxyl groups is 1. The molecule has 0 saturated heterocycles. The van der Waals surface area contributed by atoms with Crippen LogP contribution in [0.1, 0.15) is 60.5 Å². The summed E-state index contributed by atoms with van der Waals surface area (Å²) in [5.41, 5.74) is 0.614. The van der Waals surface area contributed by atoms with Crippen LogP contribution in [-0.4, -0.2) is 47.4 Å². The van der Waals surface area contributed by atoms with Crippen molar-refractivity contribution in [2.75, 3.05) is 19.7 Å². The number of aryl methyl sites for hydroxylation is 1. The van der Waals surface area contributed by atoms with Crippen LogP contribution in [0.5, 0.6) is 5.75 Å². The van der Waals surface area contributed by atoms with Crippen LogP contribution in [0.2, 0.25) is 5.02 Å². The number of ether oxygens (including phenoxy) is 1. The Bertz CT molecular complexity index is 1450. The predicted octanol–water partition coefficient (Wildman–Crippen LogP) is 4.89. The number of nitrogens with zero attached hydrogens (tertiary/aromatic N) is 1. The van der Waals surface area contributed by atoms with E-state index in [0.29, 0.717) is 29.3 Å². The van der Waals surface area contributed by atoms with E-state index in [1.165, 1.54) is 12.1 Å². The van der Waals surface area contributed by atoms with Gasteiger partial charge in [-0.15, -0.1) is 0 Å². The third kappa shape index (κ3) is 6.65. The molecule has 2 aliphatic rings. The molecule has 3 aromatic rings. The quantitative estimate of drug-likeness (QED) is 0.321. The molecule has 40 heavy (non-hydrogen) atoms. The van der Waals surface area contributed by atoms with Crippen LogP contribution in [0, 0.1) is 24.5 Å². The summed E-state index contributed by atoms with van der Waals surface area (Å²) in [6.07, 6.45) is 6.06. The minimum atomic E-state index is -0.730. The van der Waals surface area contributed by atoms with Crippen molar-refractivity contribution in [3.05, 3.63) is 74.5 Å². The van der Waals surface area contributed by atoms with Gasteiger partial charge in [0.2, 0.25) is 5.43 Å². The Labute approximate surface area is 236 Å². The molecule has 0 aliphatic heterocycles. The Kier molecular flexibility index (Phi) is 8.73. The Balaban J connectivity index is 1.09. The summed E-state index contributed by atoms with van der Waals surface area (Å²) in [6.45, 7) is 2.81. The lowest BCUT2D eigenvalue weighted by Crippen LogP contribution is -2.41. The zero-order valence-corrected chi connectivity index (χ0v) is 23.1. The monoisotopic (exact) mass is 573 g/mol. The van der Waals surface area contributed by atoms with Gasteiger partial charge in [-0.3, -0.25) is 9.59 Å². The molecule has 1 atom stereocenters. The van der Waals surface area contributed by atoms with E-state index >= 15 is 0 Å². The van der Waals surface area contributed by atoms with Gasteiger partial charge in [0.25, 0.3) is 5.91 Å². The molecule has 0 radical (unpaired) electrons. The number of nitrogens with one attached hydrogen (secondary N) is 2. The summed E-state index contributed by atoms with van der Waals surface area (Å²) >= 11 is 5.97. The van der Waals surface area contributed by atoms with Crippen LogP contribution in [0.25, 0.3) is 10.9 Å². The summed E-state index contributed by atoms with van der Waals surface area (Å²) in [5, 5.41) is 16.6. The van der Waals surface area contributed by atoms with Gasteiger partial charge in [-0.2, -0.15) is 0 Å². The van der Waals surface area contributed by atoms with Crippen molar-refractivity contribution in [2.45, 2.75) is 63.6 Å².